The van der Waals surface area contributed by atoms with E-state index >= 15 is 0 Å². The van der Waals surface area contributed by atoms with E-state index in [4.69, 9.17) is 4.42 Å². The maximum atomic E-state index is 12.4. The largest absolute Gasteiger partial charge is 0.411 e. The Morgan fingerprint density at radius 3 is 2.24 bits per heavy atom. The Morgan fingerprint density at radius 2 is 1.72 bits per heavy atom. The Balaban J connectivity index is 2.24. The van der Waals surface area contributed by atoms with E-state index in [-0.39, 0.29) is 17.6 Å². The van der Waals surface area contributed by atoms with Crippen molar-refractivity contribution in [1.29, 1.82) is 0 Å². The Kier molecular flexibility index (Phi) is 5.96. The first-order valence-electron chi connectivity index (χ1n) is 7.64. The van der Waals surface area contributed by atoms with Gasteiger partial charge in [0.1, 0.15) is 6.04 Å². The fourth-order valence-electron chi connectivity index (χ4n) is 2.23. The number of benzene rings is 1. The fourth-order valence-corrected chi connectivity index (χ4v) is 4.00. The molecule has 1 aromatic heterocycles. The van der Waals surface area contributed by atoms with Crippen LogP contribution in [-0.2, 0) is 25.6 Å². The molecule has 0 fully saturated rings. The highest BCUT2D eigenvalue weighted by atomic mass is 32.2. The van der Waals surface area contributed by atoms with Crippen LogP contribution in [-0.4, -0.2) is 33.3 Å². The molecule has 1 N–H and O–H groups in total. The summed E-state index contributed by atoms with van der Waals surface area (Å²) >= 11 is 0. The van der Waals surface area contributed by atoms with E-state index < -0.39 is 31.1 Å². The molecule has 0 saturated heterocycles. The van der Waals surface area contributed by atoms with Gasteiger partial charge in [-0.05, 0) is 17.9 Å². The van der Waals surface area contributed by atoms with E-state index in [0.29, 0.717) is 12.0 Å². The molecule has 0 amide bonds. The molecular formula is C15H21N3O5S2. The maximum Gasteiger partial charge on any atom is 0.335 e. The van der Waals surface area contributed by atoms with Crippen LogP contribution in [0.5, 0.6) is 0 Å². The zero-order chi connectivity index (χ0) is 18.7. The number of aromatic nitrogens is 2. The molecule has 0 aliphatic carbocycles. The van der Waals surface area contributed by atoms with Crippen molar-refractivity contribution in [3.8, 4) is 0 Å². The van der Waals surface area contributed by atoms with Crippen LogP contribution in [0.4, 0.5) is 0 Å². The predicted molar refractivity (Wildman–Crippen MR) is 91.8 cm³/mol. The van der Waals surface area contributed by atoms with Gasteiger partial charge in [-0.25, -0.2) is 21.6 Å². The molecular weight excluding hydrogens is 366 g/mol. The summed E-state index contributed by atoms with van der Waals surface area (Å²) in [5, 5.41) is 6.67. The number of rotatable bonds is 8. The quantitative estimate of drug-likeness (QED) is 0.732. The Morgan fingerprint density at radius 1 is 1.08 bits per heavy atom. The normalized spacial score (nSPS) is 13.9. The molecule has 0 aliphatic heterocycles. The molecule has 0 spiro atoms. The molecule has 0 unspecified atom stereocenters. The molecule has 0 saturated carbocycles. The van der Waals surface area contributed by atoms with Crippen LogP contribution >= 0.6 is 0 Å². The minimum Gasteiger partial charge on any atom is -0.411 e. The number of sulfone groups is 1. The Bertz CT molecular complexity index is 906. The van der Waals surface area contributed by atoms with E-state index in [2.05, 4.69) is 14.9 Å². The summed E-state index contributed by atoms with van der Waals surface area (Å²) in [6.45, 7) is 3.82. The summed E-state index contributed by atoms with van der Waals surface area (Å²) in [4.78, 5) is 0. The van der Waals surface area contributed by atoms with Gasteiger partial charge in [-0.15, -0.1) is 5.10 Å². The van der Waals surface area contributed by atoms with E-state index in [1.54, 1.807) is 30.3 Å². The average molecular weight is 387 g/mol. The molecule has 2 aromatic rings. The minimum atomic E-state index is -3.68. The maximum absolute atomic E-state index is 12.4. The molecule has 138 valence electrons. The number of nitrogens with zero attached hydrogens (tertiary/aromatic N) is 2. The summed E-state index contributed by atoms with van der Waals surface area (Å²) in [6, 6.07) is 7.95. The van der Waals surface area contributed by atoms with Gasteiger partial charge in [0.15, 0.2) is 0 Å². The standard InChI is InChI=1S/C15H21N3O5S2/c1-11(2)9-13(14-16-17-15(23-14)24(3,19)20)18-25(21,22)10-12-7-5-4-6-8-12/h4-8,11,13,18H,9-10H2,1-3H3/t13-/m0/s1. The highest BCUT2D eigenvalue weighted by Crippen LogP contribution is 2.23. The van der Waals surface area contributed by atoms with Crippen molar-refractivity contribution in [3.63, 3.8) is 0 Å². The van der Waals surface area contributed by atoms with Crippen LogP contribution in [0.3, 0.4) is 0 Å². The van der Waals surface area contributed by atoms with Crippen molar-refractivity contribution < 1.29 is 21.3 Å². The monoisotopic (exact) mass is 387 g/mol. The van der Waals surface area contributed by atoms with E-state index in [0.717, 1.165) is 6.26 Å². The third kappa shape index (κ3) is 5.91. The van der Waals surface area contributed by atoms with Crippen molar-refractivity contribution >= 4 is 19.9 Å². The van der Waals surface area contributed by atoms with Gasteiger partial charge in [0.05, 0.1) is 5.75 Å². The van der Waals surface area contributed by atoms with E-state index in [9.17, 15) is 16.8 Å². The predicted octanol–water partition coefficient (Wildman–Crippen LogP) is 1.68. The van der Waals surface area contributed by atoms with Gasteiger partial charge in [0.25, 0.3) is 0 Å². The summed E-state index contributed by atoms with van der Waals surface area (Å²) in [7, 11) is -7.33. The molecule has 8 nitrogen and oxygen atoms in total. The molecule has 1 heterocycles. The van der Waals surface area contributed by atoms with Crippen molar-refractivity contribution in [2.75, 3.05) is 6.26 Å². The molecule has 1 aromatic carbocycles. The number of nitrogens with one attached hydrogen (secondary N) is 1. The van der Waals surface area contributed by atoms with Crippen LogP contribution in [0.25, 0.3) is 0 Å². The van der Waals surface area contributed by atoms with Crippen LogP contribution in [0.1, 0.15) is 37.8 Å². The number of hydrogen-bond acceptors (Lipinski definition) is 7. The molecule has 0 radical (unpaired) electrons. The zero-order valence-corrected chi connectivity index (χ0v) is 15.8. The van der Waals surface area contributed by atoms with Gasteiger partial charge in [-0.1, -0.05) is 49.3 Å². The summed E-state index contributed by atoms with van der Waals surface area (Å²) in [6.07, 6.45) is 1.33. The lowest BCUT2D eigenvalue weighted by molar-refractivity contribution is 0.340. The second-order valence-electron chi connectivity index (χ2n) is 6.22. The minimum absolute atomic E-state index is 0.0641. The van der Waals surface area contributed by atoms with Gasteiger partial charge in [0, 0.05) is 6.26 Å². The summed E-state index contributed by atoms with van der Waals surface area (Å²) in [5.41, 5.74) is 0.639. The Hall–Kier alpha value is -1.78. The average Bonchev–Trinajstić information content (AvgIpc) is 2.96. The van der Waals surface area contributed by atoms with Crippen LogP contribution < -0.4 is 4.72 Å². The third-order valence-electron chi connectivity index (χ3n) is 3.27. The van der Waals surface area contributed by atoms with Crippen molar-refractivity contribution in [2.45, 2.75) is 37.3 Å². The van der Waals surface area contributed by atoms with Crippen molar-refractivity contribution in [1.82, 2.24) is 14.9 Å². The zero-order valence-electron chi connectivity index (χ0n) is 14.2. The van der Waals surface area contributed by atoms with Crippen molar-refractivity contribution in [2.24, 2.45) is 5.92 Å². The van der Waals surface area contributed by atoms with Gasteiger partial charge in [-0.3, -0.25) is 0 Å². The Labute approximate surface area is 147 Å². The van der Waals surface area contributed by atoms with Gasteiger partial charge in [-0.2, -0.15) is 0 Å². The highest BCUT2D eigenvalue weighted by molar-refractivity contribution is 7.90. The molecule has 0 aliphatic rings. The van der Waals surface area contributed by atoms with E-state index in [1.165, 1.54) is 0 Å². The fraction of sp³-hybridized carbons (Fsp3) is 0.467. The molecule has 0 bridgehead atoms. The summed E-state index contributed by atoms with van der Waals surface area (Å²) in [5.74, 6) is -0.140. The molecule has 1 atom stereocenters. The lowest BCUT2D eigenvalue weighted by Crippen LogP contribution is -2.31. The smallest absolute Gasteiger partial charge is 0.335 e. The lowest BCUT2D eigenvalue weighted by Gasteiger charge is -2.17. The first-order chi connectivity index (χ1) is 11.6. The lowest BCUT2D eigenvalue weighted by atomic mass is 10.0. The summed E-state index contributed by atoms with van der Waals surface area (Å²) < 4.78 is 55.6. The topological polar surface area (TPSA) is 119 Å². The molecule has 25 heavy (non-hydrogen) atoms. The van der Waals surface area contributed by atoms with Crippen LogP contribution in [0.2, 0.25) is 0 Å². The first kappa shape index (κ1) is 19.5. The SMILES string of the molecule is CC(C)C[C@H](NS(=O)(=O)Cc1ccccc1)c1nnc(S(C)(=O)=O)o1. The first-order valence-corrected chi connectivity index (χ1v) is 11.2. The van der Waals surface area contributed by atoms with Crippen LogP contribution in [0, 0.1) is 5.92 Å². The molecule has 10 heteroatoms. The number of sulfonamides is 1. The van der Waals surface area contributed by atoms with Crippen molar-refractivity contribution in [3.05, 3.63) is 41.8 Å². The number of hydrogen-bond donors (Lipinski definition) is 1. The van der Waals surface area contributed by atoms with Gasteiger partial charge < -0.3 is 4.42 Å². The third-order valence-corrected chi connectivity index (χ3v) is 5.42. The van der Waals surface area contributed by atoms with Crippen LogP contribution in [0.15, 0.2) is 40.0 Å². The second kappa shape index (κ2) is 7.63. The highest BCUT2D eigenvalue weighted by Gasteiger charge is 2.27. The van der Waals surface area contributed by atoms with E-state index in [1.807, 2.05) is 13.8 Å². The van der Waals surface area contributed by atoms with Gasteiger partial charge >= 0.3 is 5.22 Å². The van der Waals surface area contributed by atoms with Gasteiger partial charge in [0.2, 0.25) is 25.8 Å². The second-order valence-corrected chi connectivity index (χ2v) is 9.87. The molecule has 2 rings (SSSR count).